The van der Waals surface area contributed by atoms with Gasteiger partial charge < -0.3 is 5.73 Å². The Morgan fingerprint density at radius 2 is 2.17 bits per heavy atom. The van der Waals surface area contributed by atoms with Gasteiger partial charge in [-0.3, -0.25) is 4.98 Å². The number of anilines is 1. The van der Waals surface area contributed by atoms with Crippen LogP contribution in [0.3, 0.4) is 0 Å². The third kappa shape index (κ3) is 2.64. The van der Waals surface area contributed by atoms with E-state index < -0.39 is 10.0 Å². The molecule has 0 amide bonds. The second-order valence-corrected chi connectivity index (χ2v) is 6.76. The summed E-state index contributed by atoms with van der Waals surface area (Å²) in [7, 11) is -3.49. The molecule has 2 N–H and O–H groups in total. The number of nitrogen functional groups attached to an aromatic ring is 1. The fourth-order valence-corrected chi connectivity index (χ4v) is 3.78. The van der Waals surface area contributed by atoms with Crippen molar-refractivity contribution in [1.82, 2.24) is 9.29 Å². The highest BCUT2D eigenvalue weighted by Crippen LogP contribution is 2.25. The largest absolute Gasteiger partial charge is 0.398 e. The highest BCUT2D eigenvalue weighted by atomic mass is 32.2. The van der Waals surface area contributed by atoms with Crippen molar-refractivity contribution in [3.8, 4) is 0 Å². The molecule has 0 radical (unpaired) electrons. The van der Waals surface area contributed by atoms with E-state index in [0.29, 0.717) is 19.0 Å². The lowest BCUT2D eigenvalue weighted by Crippen LogP contribution is -2.32. The quantitative estimate of drug-likeness (QED) is 0.882. The van der Waals surface area contributed by atoms with Gasteiger partial charge >= 0.3 is 0 Å². The highest BCUT2D eigenvalue weighted by Gasteiger charge is 2.28. The molecule has 18 heavy (non-hydrogen) atoms. The maximum atomic E-state index is 12.5. The van der Waals surface area contributed by atoms with Gasteiger partial charge in [0.1, 0.15) is 4.90 Å². The minimum Gasteiger partial charge on any atom is -0.398 e. The standard InChI is InChI=1S/C12H19N3O2S/c1-10-3-2-7-15(8-5-10)18(16,17)12-9-14-6-4-11(12)13/h4,6,9-10H,2-3,5,7-8H2,1H3,(H2,13,14). The van der Waals surface area contributed by atoms with Crippen molar-refractivity contribution in [2.45, 2.75) is 31.1 Å². The molecule has 100 valence electrons. The molecule has 1 aromatic rings. The van der Waals surface area contributed by atoms with Gasteiger partial charge in [0.25, 0.3) is 0 Å². The first-order chi connectivity index (χ1) is 8.51. The molecular weight excluding hydrogens is 250 g/mol. The zero-order valence-electron chi connectivity index (χ0n) is 10.5. The minimum atomic E-state index is -3.49. The van der Waals surface area contributed by atoms with E-state index in [1.807, 2.05) is 0 Å². The number of aromatic nitrogens is 1. The monoisotopic (exact) mass is 269 g/mol. The predicted octanol–water partition coefficient (Wildman–Crippen LogP) is 1.47. The van der Waals surface area contributed by atoms with Crippen LogP contribution >= 0.6 is 0 Å². The molecule has 1 atom stereocenters. The highest BCUT2D eigenvalue weighted by molar-refractivity contribution is 7.89. The van der Waals surface area contributed by atoms with Crippen LogP contribution in [0, 0.1) is 5.92 Å². The minimum absolute atomic E-state index is 0.125. The van der Waals surface area contributed by atoms with Crippen molar-refractivity contribution in [2.24, 2.45) is 5.92 Å². The second kappa shape index (κ2) is 5.24. The number of pyridine rings is 1. The fraction of sp³-hybridized carbons (Fsp3) is 0.583. The molecule has 0 aliphatic carbocycles. The summed E-state index contributed by atoms with van der Waals surface area (Å²) >= 11 is 0. The van der Waals surface area contributed by atoms with Gasteiger partial charge in [-0.15, -0.1) is 0 Å². The topological polar surface area (TPSA) is 76.3 Å². The summed E-state index contributed by atoms with van der Waals surface area (Å²) in [6.07, 6.45) is 5.71. The van der Waals surface area contributed by atoms with Gasteiger partial charge in [-0.1, -0.05) is 6.92 Å². The first-order valence-corrected chi connectivity index (χ1v) is 7.65. The Labute approximate surface area is 108 Å². The average molecular weight is 269 g/mol. The molecule has 0 spiro atoms. The molecule has 1 aliphatic rings. The normalized spacial score (nSPS) is 22.6. The lowest BCUT2D eigenvalue weighted by molar-refractivity contribution is 0.417. The molecule has 1 aromatic heterocycles. The van der Waals surface area contributed by atoms with Crippen molar-refractivity contribution < 1.29 is 8.42 Å². The van der Waals surface area contributed by atoms with E-state index in [9.17, 15) is 8.42 Å². The number of rotatable bonds is 2. The van der Waals surface area contributed by atoms with Crippen LogP contribution in [0.5, 0.6) is 0 Å². The summed E-state index contributed by atoms with van der Waals surface area (Å²) in [5.41, 5.74) is 6.00. The smallest absolute Gasteiger partial charge is 0.246 e. The number of nitrogens with zero attached hydrogens (tertiary/aromatic N) is 2. The molecule has 1 unspecified atom stereocenters. The second-order valence-electron chi connectivity index (χ2n) is 4.85. The SMILES string of the molecule is CC1CCCN(S(=O)(=O)c2cnccc2N)CC1. The number of sulfonamides is 1. The zero-order valence-corrected chi connectivity index (χ0v) is 11.4. The van der Waals surface area contributed by atoms with Crippen LogP contribution in [0.2, 0.25) is 0 Å². The molecule has 0 aromatic carbocycles. The summed E-state index contributed by atoms with van der Waals surface area (Å²) < 4.78 is 26.5. The summed E-state index contributed by atoms with van der Waals surface area (Å²) in [6.45, 7) is 3.30. The average Bonchev–Trinajstić information content (AvgIpc) is 2.54. The van der Waals surface area contributed by atoms with E-state index in [1.165, 1.54) is 22.8 Å². The van der Waals surface area contributed by atoms with Gasteiger partial charge in [0.05, 0.1) is 5.69 Å². The molecule has 0 saturated carbocycles. The third-order valence-corrected chi connectivity index (χ3v) is 5.35. The van der Waals surface area contributed by atoms with Crippen molar-refractivity contribution in [2.75, 3.05) is 18.8 Å². The van der Waals surface area contributed by atoms with Crippen LogP contribution in [-0.2, 0) is 10.0 Å². The maximum absolute atomic E-state index is 12.5. The summed E-state index contributed by atoms with van der Waals surface area (Å²) in [5.74, 6) is 0.580. The molecule has 5 nitrogen and oxygen atoms in total. The molecule has 6 heteroatoms. The van der Waals surface area contributed by atoms with Crippen LogP contribution in [0.4, 0.5) is 5.69 Å². The Balaban J connectivity index is 2.28. The molecule has 1 saturated heterocycles. The van der Waals surface area contributed by atoms with Crippen LogP contribution in [0.15, 0.2) is 23.4 Å². The van der Waals surface area contributed by atoms with Gasteiger partial charge in [0, 0.05) is 25.5 Å². The zero-order chi connectivity index (χ0) is 13.2. The third-order valence-electron chi connectivity index (χ3n) is 3.41. The Morgan fingerprint density at radius 1 is 1.39 bits per heavy atom. The van der Waals surface area contributed by atoms with Gasteiger partial charge in [0.15, 0.2) is 0 Å². The van der Waals surface area contributed by atoms with E-state index in [4.69, 9.17) is 5.73 Å². The predicted molar refractivity (Wildman–Crippen MR) is 70.4 cm³/mol. The Bertz CT molecular complexity index is 516. The lowest BCUT2D eigenvalue weighted by atomic mass is 10.0. The Hall–Kier alpha value is -1.14. The van der Waals surface area contributed by atoms with Crippen LogP contribution in [0.1, 0.15) is 26.2 Å². The molecule has 2 heterocycles. The van der Waals surface area contributed by atoms with Gasteiger partial charge in [0.2, 0.25) is 10.0 Å². The molecular formula is C12H19N3O2S. The van der Waals surface area contributed by atoms with Crippen LogP contribution in [-0.4, -0.2) is 30.8 Å². The van der Waals surface area contributed by atoms with Crippen molar-refractivity contribution in [1.29, 1.82) is 0 Å². The van der Waals surface area contributed by atoms with Crippen molar-refractivity contribution >= 4 is 15.7 Å². The molecule has 1 fully saturated rings. The van der Waals surface area contributed by atoms with E-state index in [2.05, 4.69) is 11.9 Å². The Morgan fingerprint density at radius 3 is 2.89 bits per heavy atom. The Kier molecular flexibility index (Phi) is 3.87. The van der Waals surface area contributed by atoms with Crippen LogP contribution in [0.25, 0.3) is 0 Å². The number of hydrogen-bond donors (Lipinski definition) is 1. The van der Waals surface area contributed by atoms with Crippen LogP contribution < -0.4 is 5.73 Å². The van der Waals surface area contributed by atoms with E-state index >= 15 is 0 Å². The summed E-state index contributed by atoms with van der Waals surface area (Å²) in [5, 5.41) is 0. The van der Waals surface area contributed by atoms with Crippen molar-refractivity contribution in [3.05, 3.63) is 18.5 Å². The first-order valence-electron chi connectivity index (χ1n) is 6.21. The maximum Gasteiger partial charge on any atom is 0.246 e. The molecule has 1 aliphatic heterocycles. The van der Waals surface area contributed by atoms with Crippen molar-refractivity contribution in [3.63, 3.8) is 0 Å². The first kappa shape index (κ1) is 13.3. The van der Waals surface area contributed by atoms with E-state index in [0.717, 1.165) is 19.3 Å². The van der Waals surface area contributed by atoms with Gasteiger partial charge in [-0.25, -0.2) is 8.42 Å². The van der Waals surface area contributed by atoms with E-state index in [-0.39, 0.29) is 10.6 Å². The number of hydrogen-bond acceptors (Lipinski definition) is 4. The number of nitrogens with two attached hydrogens (primary N) is 1. The summed E-state index contributed by atoms with van der Waals surface area (Å²) in [4.78, 5) is 3.98. The van der Waals surface area contributed by atoms with Gasteiger partial charge in [-0.2, -0.15) is 4.31 Å². The molecule has 2 rings (SSSR count). The fourth-order valence-electron chi connectivity index (χ4n) is 2.22. The lowest BCUT2D eigenvalue weighted by Gasteiger charge is -2.20. The molecule has 0 bridgehead atoms. The van der Waals surface area contributed by atoms with Gasteiger partial charge in [-0.05, 0) is 31.2 Å². The van der Waals surface area contributed by atoms with E-state index in [1.54, 1.807) is 0 Å². The summed E-state index contributed by atoms with van der Waals surface area (Å²) in [6, 6.07) is 1.52.